The van der Waals surface area contributed by atoms with E-state index in [1.54, 1.807) is 12.1 Å². The van der Waals surface area contributed by atoms with Crippen LogP contribution >= 0.6 is 0 Å². The molecule has 0 bridgehead atoms. The van der Waals surface area contributed by atoms with Gasteiger partial charge in [0.1, 0.15) is 29.5 Å². The van der Waals surface area contributed by atoms with Crippen LogP contribution in [0.15, 0.2) is 66.7 Å². The Balaban J connectivity index is 1.18. The Hall–Kier alpha value is -4.15. The van der Waals surface area contributed by atoms with Crippen LogP contribution < -0.4 is 15.4 Å². The lowest BCUT2D eigenvalue weighted by Gasteiger charge is -2.39. The fourth-order valence-electron chi connectivity index (χ4n) is 6.03. The molecule has 2 unspecified atom stereocenters. The van der Waals surface area contributed by atoms with Crippen molar-refractivity contribution in [3.63, 3.8) is 0 Å². The van der Waals surface area contributed by atoms with Crippen molar-refractivity contribution >= 4 is 17.7 Å². The van der Waals surface area contributed by atoms with Crippen molar-refractivity contribution in [3.8, 4) is 5.75 Å². The van der Waals surface area contributed by atoms with Crippen molar-refractivity contribution in [1.29, 1.82) is 0 Å². The second-order valence-electron chi connectivity index (χ2n) is 11.1. The molecule has 0 saturated carbocycles. The van der Waals surface area contributed by atoms with Crippen LogP contribution in [0.2, 0.25) is 0 Å². The molecule has 3 aliphatic heterocycles. The third-order valence-electron chi connectivity index (χ3n) is 8.24. The van der Waals surface area contributed by atoms with Gasteiger partial charge in [-0.25, -0.2) is 8.78 Å². The van der Waals surface area contributed by atoms with Gasteiger partial charge < -0.3 is 15.0 Å². The van der Waals surface area contributed by atoms with E-state index < -0.39 is 23.6 Å². The normalized spacial score (nSPS) is 22.7. The van der Waals surface area contributed by atoms with E-state index in [0.29, 0.717) is 42.9 Å². The van der Waals surface area contributed by atoms with Crippen molar-refractivity contribution in [3.05, 3.63) is 101 Å². The summed E-state index contributed by atoms with van der Waals surface area (Å²) in [6.45, 7) is 2.34. The summed E-state index contributed by atoms with van der Waals surface area (Å²) < 4.78 is 34.8. The summed E-state index contributed by atoms with van der Waals surface area (Å²) in [5, 5.41) is 5.93. The van der Waals surface area contributed by atoms with Crippen molar-refractivity contribution in [2.75, 3.05) is 13.1 Å². The lowest BCUT2D eigenvalue weighted by molar-refractivity contribution is -0.136. The molecule has 42 heavy (non-hydrogen) atoms. The lowest BCUT2D eigenvalue weighted by Crippen LogP contribution is -2.54. The molecule has 0 aliphatic carbocycles. The number of piperidine rings is 2. The molecule has 3 heterocycles. The molecule has 0 aromatic heterocycles. The first-order valence-corrected chi connectivity index (χ1v) is 14.2. The minimum absolute atomic E-state index is 0.00586. The number of nitrogens with one attached hydrogen (secondary N) is 2. The molecule has 10 heteroatoms. The van der Waals surface area contributed by atoms with E-state index in [1.165, 1.54) is 11.0 Å². The molecule has 6 rings (SSSR count). The van der Waals surface area contributed by atoms with E-state index in [-0.39, 0.29) is 43.5 Å². The summed E-state index contributed by atoms with van der Waals surface area (Å²) in [7, 11) is 0. The average Bonchev–Trinajstić information content (AvgIpc) is 3.30. The molecule has 0 spiro atoms. The van der Waals surface area contributed by atoms with Gasteiger partial charge >= 0.3 is 0 Å². The van der Waals surface area contributed by atoms with Gasteiger partial charge in [0.05, 0.1) is 0 Å². The Kier molecular flexibility index (Phi) is 7.99. The maximum Gasteiger partial charge on any atom is 0.255 e. The maximum atomic E-state index is 14.4. The minimum Gasteiger partial charge on any atom is -0.487 e. The summed E-state index contributed by atoms with van der Waals surface area (Å²) in [5.74, 6) is -1.35. The van der Waals surface area contributed by atoms with Gasteiger partial charge in [-0.3, -0.25) is 24.6 Å². The number of halogens is 2. The fourth-order valence-corrected chi connectivity index (χ4v) is 6.03. The molecule has 218 valence electrons. The number of carbonyl (C=O) groups is 3. The number of rotatable bonds is 8. The Morgan fingerprint density at radius 2 is 1.81 bits per heavy atom. The van der Waals surface area contributed by atoms with Crippen LogP contribution in [0.4, 0.5) is 8.78 Å². The molecule has 3 aromatic rings. The summed E-state index contributed by atoms with van der Waals surface area (Å²) >= 11 is 0. The Labute approximate surface area is 242 Å². The molecule has 2 N–H and O–H groups in total. The second-order valence-corrected chi connectivity index (χ2v) is 11.1. The number of nitrogens with zero attached hydrogens (tertiary/aromatic N) is 2. The molecule has 0 radical (unpaired) electrons. The first-order chi connectivity index (χ1) is 20.3. The molecule has 8 nitrogen and oxygen atoms in total. The van der Waals surface area contributed by atoms with E-state index >= 15 is 0 Å². The molecule has 2 fully saturated rings. The first-order valence-electron chi connectivity index (χ1n) is 14.2. The van der Waals surface area contributed by atoms with E-state index in [2.05, 4.69) is 27.7 Å². The molecule has 3 atom stereocenters. The monoisotopic (exact) mass is 574 g/mol. The van der Waals surface area contributed by atoms with Gasteiger partial charge in [0.2, 0.25) is 11.8 Å². The fraction of sp³-hybridized carbons (Fsp3) is 0.344. The van der Waals surface area contributed by atoms with Crippen LogP contribution in [0.25, 0.3) is 0 Å². The van der Waals surface area contributed by atoms with Crippen LogP contribution in [-0.2, 0) is 29.2 Å². The molecule has 3 aliphatic rings. The topological polar surface area (TPSA) is 91.0 Å². The summed E-state index contributed by atoms with van der Waals surface area (Å²) in [6, 6.07) is 18.2. The van der Waals surface area contributed by atoms with Gasteiger partial charge in [0, 0.05) is 56.3 Å². The number of hydrogen-bond donors (Lipinski definition) is 2. The Morgan fingerprint density at radius 1 is 0.976 bits per heavy atom. The maximum absolute atomic E-state index is 14.4. The van der Waals surface area contributed by atoms with Gasteiger partial charge in [0.25, 0.3) is 5.91 Å². The number of fused-ring (bicyclic) bond motifs is 1. The first kappa shape index (κ1) is 28.0. The van der Waals surface area contributed by atoms with Crippen LogP contribution in [0, 0.1) is 11.6 Å². The third-order valence-corrected chi connectivity index (χ3v) is 8.24. The molecule has 3 aromatic carbocycles. The number of hydrogen-bond acceptors (Lipinski definition) is 6. The summed E-state index contributed by atoms with van der Waals surface area (Å²) in [4.78, 5) is 40.7. The van der Waals surface area contributed by atoms with E-state index in [9.17, 15) is 23.2 Å². The standard InChI is InChI=1S/C32H32F2N4O4/c33-23-6-9-26(34)22(14-23)17-37-13-12-27(35-16-20-4-2-1-3-5-20)29(19-37)42-24-7-8-25-21(15-24)18-38(32(25)41)28-10-11-30(39)36-31(28)40/h1-9,14-15,27-29,35H,10-13,16-19H2,(H,36,39,40)/t27-,28?,29?/m1/s1. The zero-order valence-corrected chi connectivity index (χ0v) is 23.0. The highest BCUT2D eigenvalue weighted by molar-refractivity contribution is 6.05. The van der Waals surface area contributed by atoms with Gasteiger partial charge in [0.15, 0.2) is 0 Å². The highest BCUT2D eigenvalue weighted by atomic mass is 19.1. The number of carbonyl (C=O) groups excluding carboxylic acids is 3. The minimum atomic E-state index is -0.686. The number of ether oxygens (including phenoxy) is 1. The van der Waals surface area contributed by atoms with Gasteiger partial charge in [-0.15, -0.1) is 0 Å². The lowest BCUT2D eigenvalue weighted by atomic mass is 10.00. The number of benzene rings is 3. The summed E-state index contributed by atoms with van der Waals surface area (Å²) in [5.41, 5.74) is 2.71. The summed E-state index contributed by atoms with van der Waals surface area (Å²) in [6.07, 6.45) is 0.924. The number of amides is 3. The van der Waals surface area contributed by atoms with E-state index in [4.69, 9.17) is 4.74 Å². The smallest absolute Gasteiger partial charge is 0.255 e. The van der Waals surface area contributed by atoms with Crippen LogP contribution in [0.1, 0.15) is 46.3 Å². The average molecular weight is 575 g/mol. The predicted octanol–water partition coefficient (Wildman–Crippen LogP) is 3.54. The predicted molar refractivity (Wildman–Crippen MR) is 150 cm³/mol. The SMILES string of the molecule is O=C1CCC(N2Cc3cc(OC4CN(Cc5cc(F)ccc5F)CC[C@H]4NCc4ccccc4)ccc3C2=O)C(=O)N1. The number of likely N-dealkylation sites (tertiary alicyclic amines) is 1. The molecule has 2 saturated heterocycles. The van der Waals surface area contributed by atoms with Crippen LogP contribution in [0.5, 0.6) is 5.75 Å². The van der Waals surface area contributed by atoms with Crippen molar-refractivity contribution in [1.82, 2.24) is 20.4 Å². The quantitative estimate of drug-likeness (QED) is 0.400. The van der Waals surface area contributed by atoms with Crippen molar-refractivity contribution < 1.29 is 27.9 Å². The highest BCUT2D eigenvalue weighted by Crippen LogP contribution is 2.31. The van der Waals surface area contributed by atoms with Crippen molar-refractivity contribution in [2.45, 2.75) is 57.1 Å². The third kappa shape index (κ3) is 6.05. The molecule has 3 amide bonds. The molecular formula is C32H32F2N4O4. The Morgan fingerprint density at radius 3 is 2.62 bits per heavy atom. The second kappa shape index (κ2) is 12.0. The van der Waals surface area contributed by atoms with E-state index in [1.807, 2.05) is 24.3 Å². The van der Waals surface area contributed by atoms with Gasteiger partial charge in [-0.1, -0.05) is 30.3 Å². The largest absolute Gasteiger partial charge is 0.487 e. The highest BCUT2D eigenvalue weighted by Gasteiger charge is 2.39. The van der Waals surface area contributed by atoms with Gasteiger partial charge in [-0.2, -0.15) is 0 Å². The number of imide groups is 1. The van der Waals surface area contributed by atoms with Crippen LogP contribution in [-0.4, -0.2) is 58.8 Å². The molecular weight excluding hydrogens is 542 g/mol. The Bertz CT molecular complexity index is 1500. The van der Waals surface area contributed by atoms with Gasteiger partial charge in [-0.05, 0) is 60.4 Å². The van der Waals surface area contributed by atoms with E-state index in [0.717, 1.165) is 29.7 Å². The zero-order valence-electron chi connectivity index (χ0n) is 23.0. The van der Waals surface area contributed by atoms with Crippen LogP contribution in [0.3, 0.4) is 0 Å². The zero-order chi connectivity index (χ0) is 29.2. The van der Waals surface area contributed by atoms with Crippen molar-refractivity contribution in [2.24, 2.45) is 0 Å².